The second-order valence-corrected chi connectivity index (χ2v) is 2.93. The molecule has 1 saturated carbocycles. The molecule has 0 aromatic heterocycles. The van der Waals surface area contributed by atoms with Crippen LogP contribution in [0.15, 0.2) is 0 Å². The molecule has 0 aromatic carbocycles. The lowest BCUT2D eigenvalue weighted by Crippen LogP contribution is -2.22. The van der Waals surface area contributed by atoms with Gasteiger partial charge in [-0.2, -0.15) is 8.78 Å². The molecule has 0 heterocycles. The van der Waals surface area contributed by atoms with Crippen molar-refractivity contribution in [2.75, 3.05) is 13.2 Å². The van der Waals surface area contributed by atoms with E-state index < -0.39 is 6.61 Å². The van der Waals surface area contributed by atoms with Crippen LogP contribution in [0.5, 0.6) is 0 Å². The predicted molar refractivity (Wildman–Crippen MR) is 37.2 cm³/mol. The summed E-state index contributed by atoms with van der Waals surface area (Å²) in [6, 6.07) is 0. The molecule has 0 aliphatic heterocycles. The Bertz CT molecular complexity index is 117. The third-order valence-electron chi connectivity index (χ3n) is 2.03. The summed E-state index contributed by atoms with van der Waals surface area (Å²) in [4.78, 5) is 0. The van der Waals surface area contributed by atoms with Crippen molar-refractivity contribution >= 4 is 0 Å². The lowest BCUT2D eigenvalue weighted by molar-refractivity contribution is -0.138. The Morgan fingerprint density at radius 2 is 2.09 bits per heavy atom. The molecular weight excluding hydrogens is 152 g/mol. The van der Waals surface area contributed by atoms with Crippen LogP contribution in [-0.4, -0.2) is 19.8 Å². The standard InChI is InChI=1S/C7H13F2NO/c8-7(9)11-4-6(3-10)5-1-2-5/h5-7H,1-4,10H2. The highest BCUT2D eigenvalue weighted by atomic mass is 19.3. The molecule has 66 valence electrons. The Morgan fingerprint density at radius 1 is 1.45 bits per heavy atom. The molecule has 11 heavy (non-hydrogen) atoms. The number of rotatable bonds is 5. The van der Waals surface area contributed by atoms with E-state index in [0.717, 1.165) is 12.8 Å². The second-order valence-electron chi connectivity index (χ2n) is 2.93. The molecule has 1 rings (SSSR count). The van der Waals surface area contributed by atoms with Crippen LogP contribution in [0.4, 0.5) is 8.78 Å². The lowest BCUT2D eigenvalue weighted by atomic mass is 10.1. The van der Waals surface area contributed by atoms with Crippen LogP contribution >= 0.6 is 0 Å². The van der Waals surface area contributed by atoms with Crippen molar-refractivity contribution in [3.8, 4) is 0 Å². The van der Waals surface area contributed by atoms with Gasteiger partial charge in [-0.1, -0.05) is 0 Å². The van der Waals surface area contributed by atoms with Crippen molar-refractivity contribution in [2.24, 2.45) is 17.6 Å². The molecule has 1 atom stereocenters. The molecule has 0 bridgehead atoms. The van der Waals surface area contributed by atoms with E-state index >= 15 is 0 Å². The fraction of sp³-hybridized carbons (Fsp3) is 1.00. The number of halogens is 2. The Labute approximate surface area is 64.7 Å². The molecule has 2 nitrogen and oxygen atoms in total. The van der Waals surface area contributed by atoms with E-state index in [1.165, 1.54) is 0 Å². The Morgan fingerprint density at radius 3 is 2.45 bits per heavy atom. The fourth-order valence-corrected chi connectivity index (χ4v) is 1.16. The molecule has 0 amide bonds. The number of hydrogen-bond acceptors (Lipinski definition) is 2. The molecule has 0 saturated heterocycles. The molecule has 1 fully saturated rings. The smallest absolute Gasteiger partial charge is 0.330 e. The normalized spacial score (nSPS) is 20.7. The molecule has 1 unspecified atom stereocenters. The van der Waals surface area contributed by atoms with Crippen LogP contribution in [0.25, 0.3) is 0 Å². The quantitative estimate of drug-likeness (QED) is 0.664. The average Bonchev–Trinajstić information content (AvgIpc) is 2.72. The van der Waals surface area contributed by atoms with Crippen molar-refractivity contribution in [3.63, 3.8) is 0 Å². The average molecular weight is 165 g/mol. The van der Waals surface area contributed by atoms with Crippen molar-refractivity contribution in [3.05, 3.63) is 0 Å². The maximum absolute atomic E-state index is 11.6. The molecule has 4 heteroatoms. The van der Waals surface area contributed by atoms with Crippen molar-refractivity contribution < 1.29 is 13.5 Å². The Hall–Kier alpha value is -0.220. The molecule has 1 aliphatic carbocycles. The summed E-state index contributed by atoms with van der Waals surface area (Å²) in [6.45, 7) is -2.08. The van der Waals surface area contributed by atoms with Crippen LogP contribution in [0.3, 0.4) is 0 Å². The first-order chi connectivity index (χ1) is 5.24. The van der Waals surface area contributed by atoms with Gasteiger partial charge in [-0.25, -0.2) is 0 Å². The largest absolute Gasteiger partial charge is 0.345 e. The molecular formula is C7H13F2NO. The van der Waals surface area contributed by atoms with Gasteiger partial charge < -0.3 is 10.5 Å². The van der Waals surface area contributed by atoms with Gasteiger partial charge in [-0.15, -0.1) is 0 Å². The van der Waals surface area contributed by atoms with Crippen LogP contribution in [0.1, 0.15) is 12.8 Å². The van der Waals surface area contributed by atoms with E-state index in [4.69, 9.17) is 5.73 Å². The zero-order chi connectivity index (χ0) is 8.27. The molecule has 0 aromatic rings. The van der Waals surface area contributed by atoms with E-state index in [1.54, 1.807) is 0 Å². The third-order valence-corrected chi connectivity index (χ3v) is 2.03. The van der Waals surface area contributed by atoms with Gasteiger partial charge in [0.05, 0.1) is 6.61 Å². The van der Waals surface area contributed by atoms with E-state index in [9.17, 15) is 8.78 Å². The minimum atomic E-state index is -2.65. The fourth-order valence-electron chi connectivity index (χ4n) is 1.16. The zero-order valence-electron chi connectivity index (χ0n) is 6.30. The summed E-state index contributed by atoms with van der Waals surface area (Å²) >= 11 is 0. The maximum Gasteiger partial charge on any atom is 0.345 e. The molecule has 0 radical (unpaired) electrons. The van der Waals surface area contributed by atoms with Gasteiger partial charge in [0.25, 0.3) is 0 Å². The highest BCUT2D eigenvalue weighted by Gasteiger charge is 2.30. The Balaban J connectivity index is 2.10. The zero-order valence-corrected chi connectivity index (χ0v) is 6.30. The number of alkyl halides is 2. The first-order valence-corrected chi connectivity index (χ1v) is 3.84. The van der Waals surface area contributed by atoms with Gasteiger partial charge >= 0.3 is 6.61 Å². The number of ether oxygens (including phenoxy) is 1. The van der Waals surface area contributed by atoms with Crippen molar-refractivity contribution in [1.29, 1.82) is 0 Å². The minimum Gasteiger partial charge on any atom is -0.330 e. The summed E-state index contributed by atoms with van der Waals surface area (Å²) in [5.41, 5.74) is 5.38. The maximum atomic E-state index is 11.6. The monoisotopic (exact) mass is 165 g/mol. The summed E-state index contributed by atoms with van der Waals surface area (Å²) in [5, 5.41) is 0. The first-order valence-electron chi connectivity index (χ1n) is 3.84. The molecule has 1 aliphatic rings. The van der Waals surface area contributed by atoms with E-state index in [-0.39, 0.29) is 12.5 Å². The molecule has 0 spiro atoms. The number of nitrogens with two attached hydrogens (primary N) is 1. The van der Waals surface area contributed by atoms with Gasteiger partial charge in [0.2, 0.25) is 0 Å². The second kappa shape index (κ2) is 3.97. The van der Waals surface area contributed by atoms with E-state index in [2.05, 4.69) is 4.74 Å². The summed E-state index contributed by atoms with van der Waals surface area (Å²) < 4.78 is 27.3. The van der Waals surface area contributed by atoms with Gasteiger partial charge in [0, 0.05) is 0 Å². The first kappa shape index (κ1) is 8.87. The third kappa shape index (κ3) is 3.12. The van der Waals surface area contributed by atoms with Crippen LogP contribution in [-0.2, 0) is 4.74 Å². The predicted octanol–water partition coefficient (Wildman–Crippen LogP) is 1.21. The van der Waals surface area contributed by atoms with Gasteiger partial charge in [0.15, 0.2) is 0 Å². The van der Waals surface area contributed by atoms with Gasteiger partial charge in [-0.3, -0.25) is 0 Å². The topological polar surface area (TPSA) is 35.2 Å². The summed E-state index contributed by atoms with van der Waals surface area (Å²) in [5.74, 6) is 0.683. The van der Waals surface area contributed by atoms with Crippen LogP contribution in [0.2, 0.25) is 0 Å². The van der Waals surface area contributed by atoms with Gasteiger partial charge in [-0.05, 0) is 31.2 Å². The van der Waals surface area contributed by atoms with E-state index in [1.807, 2.05) is 0 Å². The van der Waals surface area contributed by atoms with E-state index in [0.29, 0.717) is 12.5 Å². The minimum absolute atomic E-state index is 0.110. The van der Waals surface area contributed by atoms with Crippen molar-refractivity contribution in [2.45, 2.75) is 19.5 Å². The summed E-state index contributed by atoms with van der Waals surface area (Å²) in [6.07, 6.45) is 2.24. The SMILES string of the molecule is NCC(COC(F)F)C1CC1. The summed E-state index contributed by atoms with van der Waals surface area (Å²) in [7, 11) is 0. The van der Waals surface area contributed by atoms with Crippen molar-refractivity contribution in [1.82, 2.24) is 0 Å². The Kier molecular flexibility index (Phi) is 3.20. The van der Waals surface area contributed by atoms with Gasteiger partial charge in [0.1, 0.15) is 0 Å². The molecule has 2 N–H and O–H groups in total. The highest BCUT2D eigenvalue weighted by Crippen LogP contribution is 2.36. The highest BCUT2D eigenvalue weighted by molar-refractivity contribution is 4.81. The van der Waals surface area contributed by atoms with Crippen LogP contribution < -0.4 is 5.73 Å². The van der Waals surface area contributed by atoms with Crippen LogP contribution in [0, 0.1) is 11.8 Å². The number of hydrogen-bond donors (Lipinski definition) is 1. The lowest BCUT2D eigenvalue weighted by Gasteiger charge is -2.12.